The highest BCUT2D eigenvalue weighted by atomic mass is 19.1. The molecule has 0 spiro atoms. The van der Waals surface area contributed by atoms with Crippen LogP contribution in [0.25, 0.3) is 10.9 Å². The number of hydrogen-bond acceptors (Lipinski definition) is 4. The van der Waals surface area contributed by atoms with Crippen molar-refractivity contribution in [2.45, 2.75) is 50.2 Å². The van der Waals surface area contributed by atoms with E-state index in [4.69, 9.17) is 5.73 Å². The highest BCUT2D eigenvalue weighted by molar-refractivity contribution is 5.93. The van der Waals surface area contributed by atoms with Crippen molar-refractivity contribution in [2.24, 2.45) is 5.73 Å². The summed E-state index contributed by atoms with van der Waals surface area (Å²) in [6.45, 7) is 0. The molecule has 0 bridgehead atoms. The van der Waals surface area contributed by atoms with Gasteiger partial charge in [-0.2, -0.15) is 0 Å². The number of rotatable bonds is 4. The number of carboxylic acids is 1. The third-order valence-electron chi connectivity index (χ3n) is 5.20. The molecule has 0 amide bonds. The summed E-state index contributed by atoms with van der Waals surface area (Å²) in [4.78, 5) is 23.8. The predicted octanol–water partition coefficient (Wildman–Crippen LogP) is 2.47. The van der Waals surface area contributed by atoms with E-state index in [9.17, 15) is 19.1 Å². The summed E-state index contributed by atoms with van der Waals surface area (Å²) in [5, 5.41) is 12.5. The normalized spacial score (nSPS) is 23.1. The number of fused-ring (bicyclic) bond motifs is 1. The van der Waals surface area contributed by atoms with Crippen molar-refractivity contribution in [2.75, 3.05) is 5.32 Å². The third-order valence-corrected chi connectivity index (χ3v) is 5.20. The first-order valence-electron chi connectivity index (χ1n) is 8.59. The van der Waals surface area contributed by atoms with Gasteiger partial charge in [-0.15, -0.1) is 0 Å². The SMILES string of the molecule is NC1CCCC1Nc1cc2c(cc1F)c(=O)c(C(=O)O)cn2C1CC1. The standard InChI is InChI=1S/C18H20FN3O3/c19-12-6-10-16(7-15(12)21-14-3-1-2-13(14)20)22(9-4-5-9)8-11(17(10)23)18(24)25/h6-9,13-14,21H,1-5,20H2,(H,24,25). The van der Waals surface area contributed by atoms with E-state index in [0.29, 0.717) is 11.2 Å². The number of halogens is 1. The first-order chi connectivity index (χ1) is 12.0. The fourth-order valence-electron chi connectivity index (χ4n) is 3.66. The third kappa shape index (κ3) is 2.78. The van der Waals surface area contributed by atoms with Crippen LogP contribution in [0.3, 0.4) is 0 Å². The molecule has 2 aliphatic carbocycles. The molecule has 1 aromatic heterocycles. The smallest absolute Gasteiger partial charge is 0.341 e. The van der Waals surface area contributed by atoms with Crippen molar-refractivity contribution in [1.29, 1.82) is 0 Å². The van der Waals surface area contributed by atoms with Crippen molar-refractivity contribution >= 4 is 22.6 Å². The van der Waals surface area contributed by atoms with E-state index in [1.807, 2.05) is 0 Å². The van der Waals surface area contributed by atoms with Crippen molar-refractivity contribution in [3.8, 4) is 0 Å². The number of benzene rings is 1. The summed E-state index contributed by atoms with van der Waals surface area (Å²) in [5.41, 5.74) is 5.95. The number of nitrogens with two attached hydrogens (primary N) is 1. The average molecular weight is 345 g/mol. The maximum absolute atomic E-state index is 14.6. The van der Waals surface area contributed by atoms with Gasteiger partial charge in [0, 0.05) is 29.7 Å². The summed E-state index contributed by atoms with van der Waals surface area (Å²) in [7, 11) is 0. The topological polar surface area (TPSA) is 97.3 Å². The van der Waals surface area contributed by atoms with Gasteiger partial charge in [-0.3, -0.25) is 4.79 Å². The molecule has 6 nitrogen and oxygen atoms in total. The van der Waals surface area contributed by atoms with Crippen LogP contribution in [0.15, 0.2) is 23.1 Å². The second-order valence-electron chi connectivity index (χ2n) is 7.01. The Kier molecular flexibility index (Phi) is 3.76. The first kappa shape index (κ1) is 16.1. The van der Waals surface area contributed by atoms with Crippen molar-refractivity contribution < 1.29 is 14.3 Å². The monoisotopic (exact) mass is 345 g/mol. The Morgan fingerprint density at radius 2 is 2.04 bits per heavy atom. The Balaban J connectivity index is 1.86. The van der Waals surface area contributed by atoms with Crippen LogP contribution in [0.5, 0.6) is 0 Å². The number of hydrogen-bond donors (Lipinski definition) is 3. The lowest BCUT2D eigenvalue weighted by Crippen LogP contribution is -2.35. The molecule has 2 unspecified atom stereocenters. The summed E-state index contributed by atoms with van der Waals surface area (Å²) in [5.74, 6) is -1.85. The predicted molar refractivity (Wildman–Crippen MR) is 92.6 cm³/mol. The highest BCUT2D eigenvalue weighted by Crippen LogP contribution is 2.38. The van der Waals surface area contributed by atoms with Gasteiger partial charge in [0.1, 0.15) is 11.4 Å². The lowest BCUT2D eigenvalue weighted by atomic mass is 10.1. The zero-order chi connectivity index (χ0) is 17.7. The summed E-state index contributed by atoms with van der Waals surface area (Å²) < 4.78 is 16.4. The van der Waals surface area contributed by atoms with Gasteiger partial charge in [0.25, 0.3) is 0 Å². The maximum Gasteiger partial charge on any atom is 0.341 e. The van der Waals surface area contributed by atoms with Crippen LogP contribution in [-0.4, -0.2) is 27.7 Å². The molecule has 4 N–H and O–H groups in total. The van der Waals surface area contributed by atoms with Gasteiger partial charge < -0.3 is 20.7 Å². The molecule has 1 aromatic carbocycles. The second-order valence-corrected chi connectivity index (χ2v) is 7.01. The average Bonchev–Trinajstić information content (AvgIpc) is 3.33. The molecule has 0 radical (unpaired) electrons. The molecular formula is C18H20FN3O3. The lowest BCUT2D eigenvalue weighted by Gasteiger charge is -2.20. The van der Waals surface area contributed by atoms with Crippen LogP contribution >= 0.6 is 0 Å². The summed E-state index contributed by atoms with van der Waals surface area (Å²) in [6, 6.07) is 2.90. The molecular weight excluding hydrogens is 325 g/mol. The second kappa shape index (κ2) is 5.84. The van der Waals surface area contributed by atoms with E-state index in [1.54, 1.807) is 10.6 Å². The van der Waals surface area contributed by atoms with E-state index in [-0.39, 0.29) is 29.1 Å². The maximum atomic E-state index is 14.6. The molecule has 1 heterocycles. The number of aromatic nitrogens is 1. The molecule has 7 heteroatoms. The molecule has 2 saturated carbocycles. The van der Waals surface area contributed by atoms with Gasteiger partial charge in [0.2, 0.25) is 5.43 Å². The molecule has 4 rings (SSSR count). The molecule has 2 atom stereocenters. The molecule has 2 aliphatic rings. The highest BCUT2D eigenvalue weighted by Gasteiger charge is 2.28. The van der Waals surface area contributed by atoms with Gasteiger partial charge in [-0.05, 0) is 44.2 Å². The Labute approximate surface area is 143 Å². The minimum Gasteiger partial charge on any atom is -0.477 e. The fraction of sp³-hybridized carbons (Fsp3) is 0.444. The zero-order valence-corrected chi connectivity index (χ0v) is 13.7. The van der Waals surface area contributed by atoms with Crippen LogP contribution in [0.4, 0.5) is 10.1 Å². The number of carboxylic acid groups (broad SMARTS) is 1. The van der Waals surface area contributed by atoms with Crippen molar-refractivity contribution in [1.82, 2.24) is 4.57 Å². The Hall–Kier alpha value is -2.41. The number of pyridine rings is 1. The quantitative estimate of drug-likeness (QED) is 0.791. The van der Waals surface area contributed by atoms with Crippen molar-refractivity contribution in [3.05, 3.63) is 39.9 Å². The summed E-state index contributed by atoms with van der Waals surface area (Å²) in [6.07, 6.45) is 6.01. The van der Waals surface area contributed by atoms with Crippen LogP contribution in [0.1, 0.15) is 48.5 Å². The minimum absolute atomic E-state index is 0.00587. The van der Waals surface area contributed by atoms with Gasteiger partial charge in [-0.25, -0.2) is 9.18 Å². The van der Waals surface area contributed by atoms with Crippen LogP contribution in [0, 0.1) is 5.82 Å². The van der Waals surface area contributed by atoms with Gasteiger partial charge in [0.15, 0.2) is 0 Å². The lowest BCUT2D eigenvalue weighted by molar-refractivity contribution is 0.0695. The van der Waals surface area contributed by atoms with Crippen LogP contribution in [0.2, 0.25) is 0 Å². The van der Waals surface area contributed by atoms with E-state index < -0.39 is 17.2 Å². The number of nitrogens with zero attached hydrogens (tertiary/aromatic N) is 1. The Bertz CT molecular complexity index is 920. The first-order valence-corrected chi connectivity index (χ1v) is 8.59. The largest absolute Gasteiger partial charge is 0.477 e. The van der Waals surface area contributed by atoms with E-state index >= 15 is 0 Å². The molecule has 0 aliphatic heterocycles. The fourth-order valence-corrected chi connectivity index (χ4v) is 3.66. The molecule has 0 saturated heterocycles. The minimum atomic E-state index is -1.29. The van der Waals surface area contributed by atoms with Crippen LogP contribution in [-0.2, 0) is 0 Å². The molecule has 2 aromatic rings. The molecule has 25 heavy (non-hydrogen) atoms. The van der Waals surface area contributed by atoms with Crippen LogP contribution < -0.4 is 16.5 Å². The van der Waals surface area contributed by atoms with Crippen molar-refractivity contribution in [3.63, 3.8) is 0 Å². The number of nitrogens with one attached hydrogen (secondary N) is 1. The number of aromatic carboxylic acids is 1. The van der Waals surface area contributed by atoms with E-state index in [2.05, 4.69) is 5.32 Å². The van der Waals surface area contributed by atoms with Gasteiger partial charge in [0.05, 0.1) is 11.2 Å². The van der Waals surface area contributed by atoms with Gasteiger partial charge >= 0.3 is 5.97 Å². The Morgan fingerprint density at radius 3 is 2.64 bits per heavy atom. The summed E-state index contributed by atoms with van der Waals surface area (Å²) >= 11 is 0. The Morgan fingerprint density at radius 1 is 1.28 bits per heavy atom. The van der Waals surface area contributed by atoms with Gasteiger partial charge in [-0.1, -0.05) is 0 Å². The van der Waals surface area contributed by atoms with E-state index in [0.717, 1.165) is 38.2 Å². The van der Waals surface area contributed by atoms with E-state index in [1.165, 1.54) is 6.20 Å². The number of carbonyl (C=O) groups is 1. The molecule has 2 fully saturated rings. The number of anilines is 1. The molecule has 132 valence electrons. The zero-order valence-electron chi connectivity index (χ0n) is 13.7.